The van der Waals surface area contributed by atoms with E-state index in [4.69, 9.17) is 4.74 Å². The highest BCUT2D eigenvalue weighted by molar-refractivity contribution is 5.27. The van der Waals surface area contributed by atoms with E-state index in [9.17, 15) is 5.11 Å². The largest absolute Gasteiger partial charge is 0.491 e. The van der Waals surface area contributed by atoms with Gasteiger partial charge in [-0.05, 0) is 43.3 Å². The molecule has 5 nitrogen and oxygen atoms in total. The molecule has 0 unspecified atom stereocenters. The number of aliphatic hydroxyl groups is 1. The van der Waals surface area contributed by atoms with Crippen molar-refractivity contribution in [1.29, 1.82) is 0 Å². The first kappa shape index (κ1) is 20.8. The smallest absolute Gasteiger partial charge is 0.119 e. The third-order valence-electron chi connectivity index (χ3n) is 5.19. The Morgan fingerprint density at radius 2 is 1.68 bits per heavy atom. The van der Waals surface area contributed by atoms with Crippen LogP contribution in [0.4, 0.5) is 0 Å². The maximum atomic E-state index is 10.2. The minimum Gasteiger partial charge on any atom is -0.491 e. The summed E-state index contributed by atoms with van der Waals surface area (Å²) in [5, 5.41) is 13.7. The topological polar surface area (TPSA) is 48.0 Å². The molecule has 1 heterocycles. The number of likely N-dealkylation sites (N-methyl/N-ethyl adjacent to an activating group) is 1. The molecule has 1 fully saturated rings. The molecule has 152 valence electrons. The second-order valence-corrected chi connectivity index (χ2v) is 7.63. The summed E-state index contributed by atoms with van der Waals surface area (Å²) in [4.78, 5) is 4.62. The van der Waals surface area contributed by atoms with Crippen molar-refractivity contribution in [2.24, 2.45) is 0 Å². The van der Waals surface area contributed by atoms with Gasteiger partial charge in [0.25, 0.3) is 0 Å². The normalized spacial score (nSPS) is 16.8. The van der Waals surface area contributed by atoms with E-state index in [0.717, 1.165) is 51.4 Å². The summed E-state index contributed by atoms with van der Waals surface area (Å²) in [6.07, 6.45) is 0.579. The van der Waals surface area contributed by atoms with Crippen LogP contribution in [0.15, 0.2) is 54.6 Å². The van der Waals surface area contributed by atoms with Crippen molar-refractivity contribution in [3.63, 3.8) is 0 Å². The molecule has 0 aliphatic carbocycles. The molecule has 1 saturated heterocycles. The van der Waals surface area contributed by atoms with Gasteiger partial charge in [-0.2, -0.15) is 0 Å². The first-order valence-electron chi connectivity index (χ1n) is 10.2. The summed E-state index contributed by atoms with van der Waals surface area (Å²) in [6, 6.07) is 18.7. The molecule has 2 aromatic rings. The van der Waals surface area contributed by atoms with Gasteiger partial charge in [0, 0.05) is 39.3 Å². The van der Waals surface area contributed by atoms with Crippen molar-refractivity contribution in [1.82, 2.24) is 15.1 Å². The Kier molecular flexibility index (Phi) is 8.30. The molecule has 2 aromatic carbocycles. The Hall–Kier alpha value is -1.92. The van der Waals surface area contributed by atoms with E-state index in [1.54, 1.807) is 0 Å². The van der Waals surface area contributed by atoms with Crippen molar-refractivity contribution < 1.29 is 9.84 Å². The van der Waals surface area contributed by atoms with Gasteiger partial charge < -0.3 is 20.1 Å². The lowest BCUT2D eigenvalue weighted by Crippen LogP contribution is -2.47. The monoisotopic (exact) mass is 383 g/mol. The Balaban J connectivity index is 1.31. The first-order chi connectivity index (χ1) is 13.7. The quantitative estimate of drug-likeness (QED) is 0.615. The molecule has 28 heavy (non-hydrogen) atoms. The fraction of sp³-hybridized carbons (Fsp3) is 0.478. The molecule has 3 rings (SSSR count). The lowest BCUT2D eigenvalue weighted by molar-refractivity contribution is 0.0505. The summed E-state index contributed by atoms with van der Waals surface area (Å²) in [6.45, 7) is 6.97. The number of benzene rings is 2. The predicted molar refractivity (Wildman–Crippen MR) is 114 cm³/mol. The SMILES string of the molecule is CN1CCN(C[C@H](O)COc2ccc(CNCCc3ccccc3)cc2)CC1. The molecule has 0 spiro atoms. The van der Waals surface area contributed by atoms with Crippen molar-refractivity contribution in [3.8, 4) is 5.75 Å². The fourth-order valence-corrected chi connectivity index (χ4v) is 3.39. The molecule has 5 heteroatoms. The fourth-order valence-electron chi connectivity index (χ4n) is 3.39. The summed E-state index contributed by atoms with van der Waals surface area (Å²) in [7, 11) is 2.14. The van der Waals surface area contributed by atoms with Gasteiger partial charge in [-0.25, -0.2) is 0 Å². The Morgan fingerprint density at radius 3 is 2.39 bits per heavy atom. The molecule has 0 saturated carbocycles. The van der Waals surface area contributed by atoms with Crippen LogP contribution >= 0.6 is 0 Å². The molecule has 0 bridgehead atoms. The zero-order chi connectivity index (χ0) is 19.6. The Bertz CT molecular complexity index is 670. The maximum Gasteiger partial charge on any atom is 0.119 e. The van der Waals surface area contributed by atoms with Gasteiger partial charge in [0.05, 0.1) is 0 Å². The average molecular weight is 384 g/mol. The van der Waals surface area contributed by atoms with Crippen molar-refractivity contribution in [3.05, 3.63) is 65.7 Å². The highest BCUT2D eigenvalue weighted by Crippen LogP contribution is 2.13. The summed E-state index contributed by atoms with van der Waals surface area (Å²) in [5.74, 6) is 0.811. The summed E-state index contributed by atoms with van der Waals surface area (Å²) in [5.41, 5.74) is 2.59. The van der Waals surface area contributed by atoms with E-state index < -0.39 is 6.10 Å². The van der Waals surface area contributed by atoms with Gasteiger partial charge in [0.2, 0.25) is 0 Å². The molecule has 0 amide bonds. The maximum absolute atomic E-state index is 10.2. The van der Waals surface area contributed by atoms with Crippen LogP contribution in [0.5, 0.6) is 5.75 Å². The Morgan fingerprint density at radius 1 is 0.964 bits per heavy atom. The van der Waals surface area contributed by atoms with E-state index in [-0.39, 0.29) is 0 Å². The van der Waals surface area contributed by atoms with Crippen molar-refractivity contribution in [2.75, 3.05) is 52.9 Å². The lowest BCUT2D eigenvalue weighted by Gasteiger charge is -2.33. The second kappa shape index (κ2) is 11.2. The van der Waals surface area contributed by atoms with Gasteiger partial charge in [-0.1, -0.05) is 42.5 Å². The standard InChI is InChI=1S/C23H33N3O2/c1-25-13-15-26(16-14-25)18-22(27)19-28-23-9-7-21(8-10-23)17-24-12-11-20-5-3-2-4-6-20/h2-10,22,24,27H,11-19H2,1H3/t22-/m0/s1. The number of piperazine rings is 1. The van der Waals surface area contributed by atoms with E-state index in [2.05, 4.69) is 58.6 Å². The number of rotatable bonds is 10. The van der Waals surface area contributed by atoms with Crippen LogP contribution < -0.4 is 10.1 Å². The number of nitrogens with zero attached hydrogens (tertiary/aromatic N) is 2. The van der Waals surface area contributed by atoms with Gasteiger partial charge in [0.15, 0.2) is 0 Å². The third kappa shape index (κ3) is 7.24. The third-order valence-corrected chi connectivity index (χ3v) is 5.19. The van der Waals surface area contributed by atoms with Crippen LogP contribution in [0, 0.1) is 0 Å². The van der Waals surface area contributed by atoms with Crippen LogP contribution in [0.1, 0.15) is 11.1 Å². The molecule has 1 atom stereocenters. The highest BCUT2D eigenvalue weighted by Gasteiger charge is 2.17. The number of hydrogen-bond acceptors (Lipinski definition) is 5. The molecule has 1 aliphatic heterocycles. The second-order valence-electron chi connectivity index (χ2n) is 7.63. The van der Waals surface area contributed by atoms with Gasteiger partial charge in [-0.15, -0.1) is 0 Å². The van der Waals surface area contributed by atoms with Gasteiger partial charge >= 0.3 is 0 Å². The minimum atomic E-state index is -0.456. The van der Waals surface area contributed by atoms with E-state index >= 15 is 0 Å². The lowest BCUT2D eigenvalue weighted by atomic mass is 10.1. The summed E-state index contributed by atoms with van der Waals surface area (Å²) >= 11 is 0. The highest BCUT2D eigenvalue weighted by atomic mass is 16.5. The minimum absolute atomic E-state index is 0.334. The van der Waals surface area contributed by atoms with Gasteiger partial charge in [0.1, 0.15) is 18.5 Å². The molecule has 0 aromatic heterocycles. The predicted octanol–water partition coefficient (Wildman–Crippen LogP) is 2.01. The van der Waals surface area contributed by atoms with E-state index in [1.165, 1.54) is 11.1 Å². The zero-order valence-electron chi connectivity index (χ0n) is 16.9. The van der Waals surface area contributed by atoms with Crippen molar-refractivity contribution >= 4 is 0 Å². The van der Waals surface area contributed by atoms with Crippen LogP contribution in [0.2, 0.25) is 0 Å². The molecule has 2 N–H and O–H groups in total. The van der Waals surface area contributed by atoms with E-state index in [0.29, 0.717) is 13.2 Å². The number of aliphatic hydroxyl groups excluding tert-OH is 1. The number of ether oxygens (including phenoxy) is 1. The van der Waals surface area contributed by atoms with Gasteiger partial charge in [-0.3, -0.25) is 4.90 Å². The number of nitrogens with one attached hydrogen (secondary N) is 1. The summed E-state index contributed by atoms with van der Waals surface area (Å²) < 4.78 is 5.76. The molecular weight excluding hydrogens is 350 g/mol. The molecule has 0 radical (unpaired) electrons. The molecule has 1 aliphatic rings. The van der Waals surface area contributed by atoms with Crippen LogP contribution in [-0.4, -0.2) is 73.9 Å². The molecular formula is C23H33N3O2. The van der Waals surface area contributed by atoms with Crippen LogP contribution in [0.25, 0.3) is 0 Å². The first-order valence-corrected chi connectivity index (χ1v) is 10.2. The van der Waals surface area contributed by atoms with E-state index in [1.807, 2.05) is 18.2 Å². The average Bonchev–Trinajstić information content (AvgIpc) is 2.73. The number of β-amino-alcohol motifs (C(OH)–C–C–N with tert-alkyl or cyclic N) is 1. The zero-order valence-corrected chi connectivity index (χ0v) is 16.9. The van der Waals surface area contributed by atoms with Crippen LogP contribution in [0.3, 0.4) is 0 Å². The Labute approximate surface area is 168 Å². The van der Waals surface area contributed by atoms with Crippen molar-refractivity contribution in [2.45, 2.75) is 19.1 Å². The van der Waals surface area contributed by atoms with Crippen LogP contribution in [-0.2, 0) is 13.0 Å². The number of hydrogen-bond donors (Lipinski definition) is 2.